The maximum atomic E-state index is 9.45. The van der Waals surface area contributed by atoms with Crippen LogP contribution in [0, 0.1) is 0 Å². The zero-order valence-electron chi connectivity index (χ0n) is 13.1. The Morgan fingerprint density at radius 1 is 1.25 bits per heavy atom. The Bertz CT molecular complexity index is 808. The molecule has 8 heteroatoms. The van der Waals surface area contributed by atoms with E-state index in [2.05, 4.69) is 48.3 Å². The number of aliphatic hydroxyl groups excluding tert-OH is 1. The molecule has 5 nitrogen and oxygen atoms in total. The van der Waals surface area contributed by atoms with Crippen molar-refractivity contribution in [2.24, 2.45) is 0 Å². The van der Waals surface area contributed by atoms with Crippen LogP contribution >= 0.6 is 39.0 Å². The van der Waals surface area contributed by atoms with Crippen molar-refractivity contribution in [3.63, 3.8) is 0 Å². The largest absolute Gasteiger partial charge is 0.394 e. The number of nitrogens with zero attached hydrogens (tertiary/aromatic N) is 3. The summed E-state index contributed by atoms with van der Waals surface area (Å²) in [6.07, 6.45) is 0.814. The molecule has 1 atom stereocenters. The Kier molecular flexibility index (Phi) is 6.04. The number of rotatable bonds is 7. The van der Waals surface area contributed by atoms with Crippen molar-refractivity contribution in [3.05, 3.63) is 39.8 Å². The molecule has 1 unspecified atom stereocenters. The van der Waals surface area contributed by atoms with Gasteiger partial charge < -0.3 is 10.4 Å². The molecule has 2 N–H and O–H groups in total. The summed E-state index contributed by atoms with van der Waals surface area (Å²) in [5.74, 6) is 1.54. The van der Waals surface area contributed by atoms with E-state index in [1.807, 2.05) is 25.1 Å². The summed E-state index contributed by atoms with van der Waals surface area (Å²) in [7, 11) is 0. The average molecular weight is 425 g/mol. The molecule has 0 fully saturated rings. The van der Waals surface area contributed by atoms with Crippen molar-refractivity contribution < 1.29 is 5.11 Å². The van der Waals surface area contributed by atoms with Gasteiger partial charge in [-0.25, -0.2) is 15.0 Å². The lowest BCUT2D eigenvalue weighted by Crippen LogP contribution is -2.23. The minimum atomic E-state index is -0.0315. The summed E-state index contributed by atoms with van der Waals surface area (Å²) >= 11 is 6.49. The van der Waals surface area contributed by atoms with Gasteiger partial charge in [-0.15, -0.1) is 11.3 Å². The van der Waals surface area contributed by atoms with Crippen molar-refractivity contribution in [3.8, 4) is 0 Å². The monoisotopic (exact) mass is 424 g/mol. The molecule has 2 heterocycles. The van der Waals surface area contributed by atoms with E-state index in [1.165, 1.54) is 16.9 Å². The number of anilines is 1. The third-order valence-electron chi connectivity index (χ3n) is 3.47. The third kappa shape index (κ3) is 4.24. The number of aliphatic hydroxyl groups is 1. The van der Waals surface area contributed by atoms with Crippen LogP contribution in [0.15, 0.2) is 39.4 Å². The molecule has 0 saturated heterocycles. The van der Waals surface area contributed by atoms with Crippen molar-refractivity contribution in [1.29, 1.82) is 0 Å². The number of aromatic nitrogens is 3. The second-order valence-corrected chi connectivity index (χ2v) is 8.40. The summed E-state index contributed by atoms with van der Waals surface area (Å²) < 4.78 is 1.68. The fourth-order valence-electron chi connectivity index (χ4n) is 2.13. The molecule has 0 aliphatic rings. The first-order chi connectivity index (χ1) is 11.7. The summed E-state index contributed by atoms with van der Waals surface area (Å²) in [5, 5.41) is 13.4. The first-order valence-corrected chi connectivity index (χ1v) is 10.2. The molecule has 0 bridgehead atoms. The Morgan fingerprint density at radius 2 is 2.04 bits per heavy atom. The van der Waals surface area contributed by atoms with Crippen LogP contribution in [0.2, 0.25) is 0 Å². The van der Waals surface area contributed by atoms with Gasteiger partial charge in [0.05, 0.1) is 12.6 Å². The molecule has 0 aliphatic carbocycles. The van der Waals surface area contributed by atoms with Crippen molar-refractivity contribution in [1.82, 2.24) is 15.0 Å². The van der Waals surface area contributed by atoms with Gasteiger partial charge >= 0.3 is 0 Å². The number of hydrogen-bond acceptors (Lipinski definition) is 7. The highest BCUT2D eigenvalue weighted by molar-refractivity contribution is 9.11. The lowest BCUT2D eigenvalue weighted by atomic mass is 10.2. The standard InChI is InChI=1S/C16H17BrN4OS2/c1-2-11(8-22)18-13-12-14(19-15(17)24-12)21-16(20-13)23-9-10-6-4-3-5-7-10/h3-7,11,22H,2,8-9H2,1H3,(H,18,20,21). The summed E-state index contributed by atoms with van der Waals surface area (Å²) in [6.45, 7) is 2.09. The lowest BCUT2D eigenvalue weighted by molar-refractivity contribution is 0.271. The fraction of sp³-hybridized carbons (Fsp3) is 0.312. The van der Waals surface area contributed by atoms with Gasteiger partial charge in [0, 0.05) is 5.75 Å². The van der Waals surface area contributed by atoms with Crippen molar-refractivity contribution >= 4 is 55.2 Å². The van der Waals surface area contributed by atoms with Crippen LogP contribution in [0.5, 0.6) is 0 Å². The molecule has 3 rings (SSSR count). The summed E-state index contributed by atoms with van der Waals surface area (Å²) in [6, 6.07) is 10.2. The maximum absolute atomic E-state index is 9.45. The number of thiazole rings is 1. The molecular formula is C16H17BrN4OS2. The van der Waals surface area contributed by atoms with E-state index in [1.54, 1.807) is 11.8 Å². The molecule has 2 aromatic heterocycles. The molecule has 0 saturated carbocycles. The Hall–Kier alpha value is -1.22. The summed E-state index contributed by atoms with van der Waals surface area (Å²) in [4.78, 5) is 13.6. The van der Waals surface area contributed by atoms with Crippen LogP contribution in [0.25, 0.3) is 10.3 Å². The van der Waals surface area contributed by atoms with E-state index in [-0.39, 0.29) is 12.6 Å². The third-order valence-corrected chi connectivity index (χ3v) is 5.89. The SMILES string of the molecule is CCC(CO)Nc1nc(SCc2ccccc2)nc2nc(Br)sc12. The predicted molar refractivity (Wildman–Crippen MR) is 104 cm³/mol. The van der Waals surface area contributed by atoms with E-state index in [0.717, 1.165) is 26.6 Å². The minimum absolute atomic E-state index is 0.0315. The Morgan fingerprint density at radius 3 is 2.75 bits per heavy atom. The van der Waals surface area contributed by atoms with Gasteiger partial charge in [-0.2, -0.15) is 0 Å². The molecule has 0 spiro atoms. The topological polar surface area (TPSA) is 70.9 Å². The molecule has 126 valence electrons. The highest BCUT2D eigenvalue weighted by atomic mass is 79.9. The molecule has 1 aromatic carbocycles. The maximum Gasteiger partial charge on any atom is 0.191 e. The molecule has 0 radical (unpaired) electrons. The van der Waals surface area contributed by atoms with Crippen LogP contribution in [0.1, 0.15) is 18.9 Å². The number of nitrogens with one attached hydrogen (secondary N) is 1. The van der Waals surface area contributed by atoms with Gasteiger partial charge in [0.15, 0.2) is 20.5 Å². The summed E-state index contributed by atoms with van der Waals surface area (Å²) in [5.41, 5.74) is 1.90. The number of hydrogen-bond donors (Lipinski definition) is 2. The van der Waals surface area contributed by atoms with Crippen LogP contribution in [0.4, 0.5) is 5.82 Å². The number of thioether (sulfide) groups is 1. The van der Waals surface area contributed by atoms with E-state index in [0.29, 0.717) is 10.8 Å². The van der Waals surface area contributed by atoms with Gasteiger partial charge in [-0.05, 0) is 27.9 Å². The molecule has 0 amide bonds. The van der Waals surface area contributed by atoms with Gasteiger partial charge in [0.25, 0.3) is 0 Å². The van der Waals surface area contributed by atoms with Gasteiger partial charge in [-0.3, -0.25) is 0 Å². The van der Waals surface area contributed by atoms with Crippen molar-refractivity contribution in [2.75, 3.05) is 11.9 Å². The van der Waals surface area contributed by atoms with Crippen LogP contribution in [-0.2, 0) is 5.75 Å². The van der Waals surface area contributed by atoms with Gasteiger partial charge in [-0.1, -0.05) is 49.0 Å². The fourth-order valence-corrected chi connectivity index (χ4v) is 4.27. The number of fused-ring (bicyclic) bond motifs is 1. The highest BCUT2D eigenvalue weighted by Gasteiger charge is 2.15. The van der Waals surface area contributed by atoms with Crippen LogP contribution in [-0.4, -0.2) is 32.7 Å². The van der Waals surface area contributed by atoms with E-state index < -0.39 is 0 Å². The van der Waals surface area contributed by atoms with Crippen LogP contribution in [0.3, 0.4) is 0 Å². The average Bonchev–Trinajstić information content (AvgIpc) is 2.99. The first kappa shape index (κ1) is 17.6. The molecule has 3 aromatic rings. The molecule has 0 aliphatic heterocycles. The zero-order valence-corrected chi connectivity index (χ0v) is 16.3. The Balaban J connectivity index is 1.88. The Labute approximate surface area is 157 Å². The highest BCUT2D eigenvalue weighted by Crippen LogP contribution is 2.33. The minimum Gasteiger partial charge on any atom is -0.394 e. The first-order valence-electron chi connectivity index (χ1n) is 7.57. The number of halogens is 1. The predicted octanol–water partition coefficient (Wildman–Crippen LogP) is 4.32. The van der Waals surface area contributed by atoms with Crippen molar-refractivity contribution in [2.45, 2.75) is 30.3 Å². The normalized spacial score (nSPS) is 12.5. The lowest BCUT2D eigenvalue weighted by Gasteiger charge is -2.15. The molecular weight excluding hydrogens is 408 g/mol. The molecule has 24 heavy (non-hydrogen) atoms. The van der Waals surface area contributed by atoms with Crippen LogP contribution < -0.4 is 5.32 Å². The van der Waals surface area contributed by atoms with E-state index >= 15 is 0 Å². The van der Waals surface area contributed by atoms with E-state index in [4.69, 9.17) is 0 Å². The second-order valence-electron chi connectivity index (χ2n) is 5.18. The quantitative estimate of drug-likeness (QED) is 0.434. The van der Waals surface area contributed by atoms with E-state index in [9.17, 15) is 5.11 Å². The second kappa shape index (κ2) is 8.24. The number of benzene rings is 1. The van der Waals surface area contributed by atoms with Gasteiger partial charge in [0.1, 0.15) is 4.70 Å². The smallest absolute Gasteiger partial charge is 0.191 e. The van der Waals surface area contributed by atoms with Gasteiger partial charge in [0.2, 0.25) is 0 Å². The zero-order chi connectivity index (χ0) is 16.9.